The summed E-state index contributed by atoms with van der Waals surface area (Å²) in [5.74, 6) is 1.80. The van der Waals surface area contributed by atoms with Crippen LogP contribution in [0.4, 0.5) is 5.82 Å². The van der Waals surface area contributed by atoms with E-state index in [9.17, 15) is 4.79 Å². The summed E-state index contributed by atoms with van der Waals surface area (Å²) in [5.41, 5.74) is 0.608. The van der Waals surface area contributed by atoms with Gasteiger partial charge in [0.2, 0.25) is 0 Å². The number of pyridine rings is 1. The number of carbonyl (C=O) groups excluding carboxylic acids is 1. The summed E-state index contributed by atoms with van der Waals surface area (Å²) in [6, 6.07) is 2.09. The fourth-order valence-electron chi connectivity index (χ4n) is 2.95. The molecular formula is C16H24BrN3O. The molecule has 0 aromatic carbocycles. The topological polar surface area (TPSA) is 54.0 Å². The summed E-state index contributed by atoms with van der Waals surface area (Å²) in [5, 5.41) is 6.35. The highest BCUT2D eigenvalue weighted by Crippen LogP contribution is 2.30. The van der Waals surface area contributed by atoms with E-state index in [-0.39, 0.29) is 11.9 Å². The zero-order valence-electron chi connectivity index (χ0n) is 12.9. The number of amides is 1. The number of nitrogens with one attached hydrogen (secondary N) is 2. The third kappa shape index (κ3) is 3.96. The molecule has 3 atom stereocenters. The molecule has 0 saturated heterocycles. The normalized spacial score (nSPS) is 25.4. The van der Waals surface area contributed by atoms with Crippen molar-refractivity contribution in [2.75, 3.05) is 11.9 Å². The molecule has 3 unspecified atom stereocenters. The van der Waals surface area contributed by atoms with Crippen LogP contribution in [-0.2, 0) is 0 Å². The van der Waals surface area contributed by atoms with Gasteiger partial charge in [-0.15, -0.1) is 0 Å². The standard InChI is InChI=1S/C16H24BrN3O/c1-4-18-15-13(8-12(17)9-19-15)16(21)20-14-7-5-6-10(2)11(14)3/h8-11,14H,4-7H2,1-3H3,(H,18,19)(H,20,21). The summed E-state index contributed by atoms with van der Waals surface area (Å²) in [4.78, 5) is 16.9. The van der Waals surface area contributed by atoms with Crippen LogP contribution in [0.5, 0.6) is 0 Å². The quantitative estimate of drug-likeness (QED) is 0.864. The predicted molar refractivity (Wildman–Crippen MR) is 89.5 cm³/mol. The highest BCUT2D eigenvalue weighted by Gasteiger charge is 2.29. The average Bonchev–Trinajstić information content (AvgIpc) is 2.46. The van der Waals surface area contributed by atoms with E-state index in [1.54, 1.807) is 6.20 Å². The maximum Gasteiger partial charge on any atom is 0.255 e. The van der Waals surface area contributed by atoms with Crippen LogP contribution < -0.4 is 10.6 Å². The first-order valence-corrected chi connectivity index (χ1v) is 8.52. The number of anilines is 1. The van der Waals surface area contributed by atoms with Crippen LogP contribution in [0.15, 0.2) is 16.7 Å². The Balaban J connectivity index is 2.14. The van der Waals surface area contributed by atoms with Gasteiger partial charge < -0.3 is 10.6 Å². The lowest BCUT2D eigenvalue weighted by Gasteiger charge is -2.34. The Morgan fingerprint density at radius 1 is 1.43 bits per heavy atom. The lowest BCUT2D eigenvalue weighted by molar-refractivity contribution is 0.0891. The molecule has 2 rings (SSSR count). The van der Waals surface area contributed by atoms with E-state index >= 15 is 0 Å². The fourth-order valence-corrected chi connectivity index (χ4v) is 3.28. The second-order valence-electron chi connectivity index (χ2n) is 5.93. The zero-order valence-corrected chi connectivity index (χ0v) is 14.5. The molecule has 5 heteroatoms. The Bertz CT molecular complexity index is 506. The van der Waals surface area contributed by atoms with Gasteiger partial charge in [0.25, 0.3) is 5.91 Å². The van der Waals surface area contributed by atoms with Crippen LogP contribution in [0.25, 0.3) is 0 Å². The van der Waals surface area contributed by atoms with E-state index < -0.39 is 0 Å². The van der Waals surface area contributed by atoms with Crippen LogP contribution in [0.3, 0.4) is 0 Å². The highest BCUT2D eigenvalue weighted by molar-refractivity contribution is 9.10. The van der Waals surface area contributed by atoms with Gasteiger partial charge in [0.1, 0.15) is 5.82 Å². The van der Waals surface area contributed by atoms with Crippen molar-refractivity contribution in [1.29, 1.82) is 0 Å². The van der Waals surface area contributed by atoms with Crippen LogP contribution in [0, 0.1) is 11.8 Å². The molecule has 1 aliphatic carbocycles. The Morgan fingerprint density at radius 3 is 2.90 bits per heavy atom. The first-order chi connectivity index (χ1) is 10.0. The van der Waals surface area contributed by atoms with Gasteiger partial charge in [-0.2, -0.15) is 0 Å². The summed E-state index contributed by atoms with van der Waals surface area (Å²) in [7, 11) is 0. The van der Waals surface area contributed by atoms with E-state index in [0.29, 0.717) is 23.2 Å². The monoisotopic (exact) mass is 353 g/mol. The number of nitrogens with zero attached hydrogens (tertiary/aromatic N) is 1. The Morgan fingerprint density at radius 2 is 2.19 bits per heavy atom. The number of aromatic nitrogens is 1. The maximum atomic E-state index is 12.6. The Labute approximate surface area is 135 Å². The third-order valence-corrected chi connectivity index (χ3v) is 4.90. The van der Waals surface area contributed by atoms with Crippen molar-refractivity contribution in [2.45, 2.75) is 46.1 Å². The summed E-state index contributed by atoms with van der Waals surface area (Å²) < 4.78 is 0.819. The van der Waals surface area contributed by atoms with Crippen molar-refractivity contribution in [3.05, 3.63) is 22.3 Å². The van der Waals surface area contributed by atoms with Gasteiger partial charge in [-0.1, -0.05) is 26.7 Å². The van der Waals surface area contributed by atoms with Gasteiger partial charge in [-0.05, 0) is 47.2 Å². The molecule has 2 N–H and O–H groups in total. The molecule has 1 saturated carbocycles. The van der Waals surface area contributed by atoms with Gasteiger partial charge in [-0.25, -0.2) is 4.98 Å². The molecule has 1 fully saturated rings. The fraction of sp³-hybridized carbons (Fsp3) is 0.625. The van der Waals surface area contributed by atoms with E-state index in [1.165, 1.54) is 12.8 Å². The number of carbonyl (C=O) groups is 1. The SMILES string of the molecule is CCNc1ncc(Br)cc1C(=O)NC1CCCC(C)C1C. The minimum absolute atomic E-state index is 0.0364. The zero-order chi connectivity index (χ0) is 15.4. The van der Waals surface area contributed by atoms with Crippen LogP contribution >= 0.6 is 15.9 Å². The first kappa shape index (κ1) is 16.3. The molecule has 116 valence electrons. The Hall–Kier alpha value is -1.10. The van der Waals surface area contributed by atoms with Crippen molar-refractivity contribution < 1.29 is 4.79 Å². The largest absolute Gasteiger partial charge is 0.370 e. The van der Waals surface area contributed by atoms with Crippen molar-refractivity contribution in [1.82, 2.24) is 10.3 Å². The van der Waals surface area contributed by atoms with Crippen LogP contribution in [0.2, 0.25) is 0 Å². The van der Waals surface area contributed by atoms with E-state index in [2.05, 4.69) is 45.4 Å². The molecule has 1 amide bonds. The molecule has 0 radical (unpaired) electrons. The molecule has 4 nitrogen and oxygen atoms in total. The summed E-state index contributed by atoms with van der Waals surface area (Å²) >= 11 is 3.39. The molecule has 0 aliphatic heterocycles. The van der Waals surface area contributed by atoms with Crippen LogP contribution in [0.1, 0.15) is 50.4 Å². The van der Waals surface area contributed by atoms with Gasteiger partial charge in [0.15, 0.2) is 0 Å². The molecule has 0 spiro atoms. The molecule has 1 heterocycles. The Kier molecular flexibility index (Phi) is 5.62. The minimum Gasteiger partial charge on any atom is -0.370 e. The van der Waals surface area contributed by atoms with E-state index in [1.807, 2.05) is 13.0 Å². The number of rotatable bonds is 4. The molecule has 0 bridgehead atoms. The third-order valence-electron chi connectivity index (χ3n) is 4.47. The lowest BCUT2D eigenvalue weighted by atomic mass is 9.78. The van der Waals surface area contributed by atoms with E-state index in [0.717, 1.165) is 17.4 Å². The molecule has 1 aromatic rings. The van der Waals surface area contributed by atoms with Crippen LogP contribution in [-0.4, -0.2) is 23.5 Å². The van der Waals surface area contributed by atoms with Crippen molar-refractivity contribution in [3.8, 4) is 0 Å². The average molecular weight is 354 g/mol. The smallest absolute Gasteiger partial charge is 0.255 e. The van der Waals surface area contributed by atoms with Crippen molar-refractivity contribution in [3.63, 3.8) is 0 Å². The first-order valence-electron chi connectivity index (χ1n) is 7.73. The molecule has 1 aromatic heterocycles. The van der Waals surface area contributed by atoms with Crippen molar-refractivity contribution >= 4 is 27.7 Å². The molecule has 1 aliphatic rings. The second-order valence-corrected chi connectivity index (χ2v) is 6.84. The maximum absolute atomic E-state index is 12.6. The molecular weight excluding hydrogens is 330 g/mol. The lowest BCUT2D eigenvalue weighted by Crippen LogP contribution is -2.43. The predicted octanol–water partition coefficient (Wildman–Crippen LogP) is 3.83. The van der Waals surface area contributed by atoms with Gasteiger partial charge >= 0.3 is 0 Å². The number of hydrogen-bond donors (Lipinski definition) is 2. The van der Waals surface area contributed by atoms with E-state index in [4.69, 9.17) is 0 Å². The number of hydrogen-bond acceptors (Lipinski definition) is 3. The minimum atomic E-state index is -0.0364. The second kappa shape index (κ2) is 7.25. The summed E-state index contributed by atoms with van der Waals surface area (Å²) in [6.45, 7) is 7.24. The van der Waals surface area contributed by atoms with Gasteiger partial charge in [0.05, 0.1) is 5.56 Å². The van der Waals surface area contributed by atoms with Gasteiger partial charge in [-0.3, -0.25) is 4.79 Å². The highest BCUT2D eigenvalue weighted by atomic mass is 79.9. The number of halogens is 1. The molecule has 21 heavy (non-hydrogen) atoms. The van der Waals surface area contributed by atoms with Crippen molar-refractivity contribution in [2.24, 2.45) is 11.8 Å². The van der Waals surface area contributed by atoms with Gasteiger partial charge in [0, 0.05) is 23.3 Å². The summed E-state index contributed by atoms with van der Waals surface area (Å²) in [6.07, 6.45) is 5.22.